The van der Waals surface area contributed by atoms with E-state index in [0.717, 1.165) is 0 Å². The Labute approximate surface area is 213 Å². The number of aliphatic carboxylic acids is 4. The van der Waals surface area contributed by atoms with Crippen LogP contribution in [0.3, 0.4) is 0 Å². The number of rotatable bonds is 16. The fraction of sp³-hybridized carbons (Fsp3) is 0.800. The van der Waals surface area contributed by atoms with E-state index in [1.807, 2.05) is 0 Å². The Bertz CT molecular complexity index is 471. The molecule has 0 saturated heterocycles. The van der Waals surface area contributed by atoms with Crippen LogP contribution >= 0.6 is 0 Å². The van der Waals surface area contributed by atoms with Crippen molar-refractivity contribution in [1.82, 2.24) is 10.1 Å². The molecular weight excluding hydrogens is 493 g/mol. The summed E-state index contributed by atoms with van der Waals surface area (Å²) in [6, 6.07) is 0. The van der Waals surface area contributed by atoms with Gasteiger partial charge in [-0.15, -0.1) is 0 Å². The molecule has 0 aliphatic carbocycles. The minimum absolute atomic E-state index is 0. The van der Waals surface area contributed by atoms with Gasteiger partial charge < -0.3 is 64.6 Å². The second kappa shape index (κ2) is 24.4. The molecular formula is C20H36N3O10V-5. The molecule has 13 nitrogen and oxygen atoms in total. The molecule has 0 rings (SSSR count). The third-order valence-electron chi connectivity index (χ3n) is 4.01. The van der Waals surface area contributed by atoms with Crippen molar-refractivity contribution in [1.29, 1.82) is 0 Å². The second-order valence-electron chi connectivity index (χ2n) is 7.32. The Morgan fingerprint density at radius 3 is 0.824 bits per heavy atom. The van der Waals surface area contributed by atoms with Gasteiger partial charge in [-0.2, -0.15) is 0 Å². The predicted molar refractivity (Wildman–Crippen MR) is 111 cm³/mol. The van der Waals surface area contributed by atoms with Gasteiger partial charge in [-0.05, 0) is 25.7 Å². The van der Waals surface area contributed by atoms with Gasteiger partial charge in [0.15, 0.2) is 0 Å². The van der Waals surface area contributed by atoms with Crippen LogP contribution in [-0.2, 0) is 37.7 Å². The monoisotopic (exact) mass is 529 g/mol. The summed E-state index contributed by atoms with van der Waals surface area (Å²) in [5.41, 5.74) is 0. The van der Waals surface area contributed by atoms with Crippen LogP contribution in [0.25, 0.3) is 0 Å². The Kier molecular flexibility index (Phi) is 28.3. The summed E-state index contributed by atoms with van der Waals surface area (Å²) in [6.07, 6.45) is 5.33. The summed E-state index contributed by atoms with van der Waals surface area (Å²) in [6.45, 7) is 11.0. The van der Waals surface area contributed by atoms with Gasteiger partial charge in [0.25, 0.3) is 0 Å². The summed E-state index contributed by atoms with van der Waals surface area (Å²) < 4.78 is 1.38. The van der Waals surface area contributed by atoms with E-state index in [9.17, 15) is 50.0 Å². The molecule has 201 valence electrons. The third-order valence-corrected chi connectivity index (χ3v) is 4.01. The minimum atomic E-state index is -1.61. The first-order valence-corrected chi connectivity index (χ1v) is 10.8. The quantitative estimate of drug-likeness (QED) is 0.138. The Morgan fingerprint density at radius 2 is 0.706 bits per heavy atom. The standard InChI is InChI=1S/C12H28N.2C4H6NO5.V/c1-5-9-13(10-6-2,11-7-3)12-8-4;2*6-3(7)1-5(10)2-4(8)9;/h5-12H2,1-4H3;2*1-2H2,(H,6,7)(H,8,9);/q+1;2*-1;/p-4. The number of carboxylic acid groups (broad SMARTS) is 4. The minimum Gasteiger partial charge on any atom is -0.785 e. The molecule has 14 heteroatoms. The molecule has 0 bridgehead atoms. The smallest absolute Gasteiger partial charge is 0.0783 e. The second-order valence-corrected chi connectivity index (χ2v) is 7.32. The third kappa shape index (κ3) is 28.3. The topological polar surface area (TPSA) is 213 Å². The molecule has 0 unspecified atom stereocenters. The van der Waals surface area contributed by atoms with Gasteiger partial charge in [-0.1, -0.05) is 27.7 Å². The molecule has 1 radical (unpaired) electrons. The number of quaternary nitrogens is 1. The number of hydrogen-bond donors (Lipinski definition) is 0. The molecule has 0 spiro atoms. The number of carbonyl (C=O) groups excluding carboxylic acids is 4. The van der Waals surface area contributed by atoms with Crippen molar-refractivity contribution >= 4 is 23.9 Å². The van der Waals surface area contributed by atoms with E-state index in [2.05, 4.69) is 27.7 Å². The van der Waals surface area contributed by atoms with Gasteiger partial charge >= 0.3 is 0 Å². The molecule has 0 aromatic heterocycles. The van der Waals surface area contributed by atoms with Crippen molar-refractivity contribution < 1.29 is 62.6 Å². The first kappa shape index (κ1) is 39.5. The number of hydroxylamine groups is 4. The first-order chi connectivity index (χ1) is 15.3. The number of carbonyl (C=O) groups is 4. The van der Waals surface area contributed by atoms with Crippen molar-refractivity contribution in [3.05, 3.63) is 10.4 Å². The molecule has 0 N–H and O–H groups in total. The van der Waals surface area contributed by atoms with E-state index in [4.69, 9.17) is 0 Å². The summed E-state index contributed by atoms with van der Waals surface area (Å²) in [4.78, 5) is 38.5. The van der Waals surface area contributed by atoms with E-state index < -0.39 is 50.1 Å². The molecule has 0 aromatic carbocycles. The van der Waals surface area contributed by atoms with E-state index >= 15 is 0 Å². The zero-order chi connectivity index (χ0) is 26.4. The average molecular weight is 529 g/mol. The molecule has 0 fully saturated rings. The summed E-state index contributed by atoms with van der Waals surface area (Å²) in [5, 5.41) is 58.4. The van der Waals surface area contributed by atoms with E-state index in [1.54, 1.807) is 0 Å². The van der Waals surface area contributed by atoms with Gasteiger partial charge in [-0.3, -0.25) is 0 Å². The maximum absolute atomic E-state index is 10.1. The van der Waals surface area contributed by atoms with Crippen LogP contribution in [0.15, 0.2) is 0 Å². The van der Waals surface area contributed by atoms with Crippen molar-refractivity contribution in [3.8, 4) is 0 Å². The number of carboxylic acids is 4. The maximum Gasteiger partial charge on any atom is 0.0783 e. The van der Waals surface area contributed by atoms with Gasteiger partial charge in [-0.25, -0.2) is 0 Å². The van der Waals surface area contributed by atoms with Gasteiger partial charge in [0.1, 0.15) is 0 Å². The summed E-state index contributed by atoms with van der Waals surface area (Å²) in [7, 11) is 0. The van der Waals surface area contributed by atoms with Crippen LogP contribution in [-0.4, -0.2) is 90.8 Å². The Balaban J connectivity index is -0.000000198. The van der Waals surface area contributed by atoms with Crippen LogP contribution in [0.1, 0.15) is 53.4 Å². The molecule has 0 aliphatic heterocycles. The molecule has 0 atom stereocenters. The van der Waals surface area contributed by atoms with Crippen LogP contribution in [0, 0.1) is 10.4 Å². The molecule has 0 aliphatic rings. The summed E-state index contributed by atoms with van der Waals surface area (Å²) in [5.74, 6) is -6.46. The van der Waals surface area contributed by atoms with Crippen molar-refractivity contribution in [2.45, 2.75) is 53.4 Å². The molecule has 0 heterocycles. The molecule has 34 heavy (non-hydrogen) atoms. The van der Waals surface area contributed by atoms with Crippen molar-refractivity contribution in [2.24, 2.45) is 0 Å². The Hall–Kier alpha value is -1.74. The number of nitrogens with zero attached hydrogens (tertiary/aromatic N) is 3. The molecule has 0 amide bonds. The van der Waals surface area contributed by atoms with E-state index in [1.165, 1.54) is 56.3 Å². The maximum atomic E-state index is 10.1. The van der Waals surface area contributed by atoms with Crippen LogP contribution in [0.2, 0.25) is 0 Å². The predicted octanol–water partition coefficient (Wildman–Crippen LogP) is -3.99. The van der Waals surface area contributed by atoms with Crippen molar-refractivity contribution in [2.75, 3.05) is 52.4 Å². The van der Waals surface area contributed by atoms with Gasteiger partial charge in [0.2, 0.25) is 0 Å². The van der Waals surface area contributed by atoms with Crippen LogP contribution in [0.4, 0.5) is 0 Å². The van der Waals surface area contributed by atoms with Gasteiger partial charge in [0.05, 0.1) is 50.1 Å². The van der Waals surface area contributed by atoms with E-state index in [-0.39, 0.29) is 28.7 Å². The van der Waals surface area contributed by atoms with E-state index in [0.29, 0.717) is 0 Å². The van der Waals surface area contributed by atoms with Crippen LogP contribution in [0.5, 0.6) is 0 Å². The largest absolute Gasteiger partial charge is 0.785 e. The zero-order valence-electron chi connectivity index (χ0n) is 20.4. The number of hydrogen-bond acceptors (Lipinski definition) is 12. The molecule has 0 aromatic rings. The van der Waals surface area contributed by atoms with Gasteiger partial charge in [0, 0.05) is 44.7 Å². The SMILES string of the molecule is CCC[N+](CCC)(CCC)CCC.O=C([O-])CN([O-])CC(=O)[O-].O=C([O-])CN([O-])CC(=O)[O-].[V]. The summed E-state index contributed by atoms with van der Waals surface area (Å²) >= 11 is 0. The Morgan fingerprint density at radius 1 is 0.529 bits per heavy atom. The fourth-order valence-electron chi connectivity index (χ4n) is 3.26. The first-order valence-electron chi connectivity index (χ1n) is 10.8. The average Bonchev–Trinajstić information content (AvgIpc) is 2.60. The van der Waals surface area contributed by atoms with Crippen molar-refractivity contribution in [3.63, 3.8) is 0 Å². The zero-order valence-corrected chi connectivity index (χ0v) is 21.8. The fourth-order valence-corrected chi connectivity index (χ4v) is 3.26. The molecule has 0 saturated carbocycles. The normalized spacial score (nSPS) is 10.4. The van der Waals surface area contributed by atoms with Crippen LogP contribution < -0.4 is 20.4 Å².